The maximum absolute atomic E-state index is 11.0. The van der Waals surface area contributed by atoms with Crippen LogP contribution in [0.1, 0.15) is 6.42 Å². The van der Waals surface area contributed by atoms with E-state index in [2.05, 4.69) is 12.6 Å². The molecule has 114 valence electrons. The highest BCUT2D eigenvalue weighted by atomic mass is 32.2. The van der Waals surface area contributed by atoms with Crippen molar-refractivity contribution in [3.8, 4) is 0 Å². The number of esters is 1. The Morgan fingerprint density at radius 2 is 1.47 bits per heavy atom. The Balaban J connectivity index is 3.01. The molecule has 5 nitrogen and oxygen atoms in total. The topological polar surface area (TPSA) is 54.0 Å². The van der Waals surface area contributed by atoms with Crippen molar-refractivity contribution in [2.75, 3.05) is 64.0 Å². The van der Waals surface area contributed by atoms with E-state index in [-0.39, 0.29) is 12.6 Å². The second kappa shape index (κ2) is 16.1. The first-order valence-electron chi connectivity index (χ1n) is 6.30. The molecule has 19 heavy (non-hydrogen) atoms. The number of carbonyl (C=O) groups excluding carboxylic acids is 1. The van der Waals surface area contributed by atoms with Crippen LogP contribution in [0.5, 0.6) is 0 Å². The first-order chi connectivity index (χ1) is 9.31. The molecule has 0 aliphatic rings. The molecule has 0 heterocycles. The van der Waals surface area contributed by atoms with Crippen LogP contribution in [0, 0.1) is 0 Å². The Hall–Kier alpha value is 0.0500. The molecule has 7 heteroatoms. The molecule has 0 radical (unpaired) electrons. The lowest BCUT2D eigenvalue weighted by atomic mass is 10.5. The molecule has 0 amide bonds. The zero-order chi connectivity index (χ0) is 14.2. The van der Waals surface area contributed by atoms with E-state index in [0.29, 0.717) is 45.2 Å². The molecule has 0 aromatic heterocycles. The summed E-state index contributed by atoms with van der Waals surface area (Å²) in [6.45, 7) is 3.65. The summed E-state index contributed by atoms with van der Waals surface area (Å²) in [5.74, 6) is 1.28. The third kappa shape index (κ3) is 16.0. The minimum absolute atomic E-state index is 0.239. The third-order valence-electron chi connectivity index (χ3n) is 1.98. The largest absolute Gasteiger partial charge is 0.463 e. The van der Waals surface area contributed by atoms with Crippen molar-refractivity contribution >= 4 is 30.4 Å². The van der Waals surface area contributed by atoms with Crippen molar-refractivity contribution < 1.29 is 23.7 Å². The molecular weight excluding hydrogens is 288 g/mol. The van der Waals surface area contributed by atoms with Gasteiger partial charge >= 0.3 is 5.97 Å². The average Bonchev–Trinajstić information content (AvgIpc) is 2.40. The van der Waals surface area contributed by atoms with Gasteiger partial charge in [-0.2, -0.15) is 24.4 Å². The van der Waals surface area contributed by atoms with Gasteiger partial charge in [-0.05, 0) is 6.26 Å². The number of thiol groups is 1. The van der Waals surface area contributed by atoms with Gasteiger partial charge in [0, 0.05) is 11.5 Å². The van der Waals surface area contributed by atoms with Crippen molar-refractivity contribution in [3.05, 3.63) is 0 Å². The lowest BCUT2D eigenvalue weighted by molar-refractivity contribution is -0.144. The minimum Gasteiger partial charge on any atom is -0.463 e. The molecule has 0 aliphatic heterocycles. The molecule has 0 spiro atoms. The van der Waals surface area contributed by atoms with E-state index >= 15 is 0 Å². The summed E-state index contributed by atoms with van der Waals surface area (Å²) in [5.41, 5.74) is 0. The van der Waals surface area contributed by atoms with Crippen LogP contribution in [0.3, 0.4) is 0 Å². The fourth-order valence-corrected chi connectivity index (χ4v) is 1.53. The van der Waals surface area contributed by atoms with Crippen LogP contribution in [-0.4, -0.2) is 70.0 Å². The Morgan fingerprint density at radius 1 is 0.947 bits per heavy atom. The Labute approximate surface area is 125 Å². The Morgan fingerprint density at radius 3 is 2.00 bits per heavy atom. The molecule has 0 saturated heterocycles. The van der Waals surface area contributed by atoms with Crippen LogP contribution in [-0.2, 0) is 23.7 Å². The summed E-state index contributed by atoms with van der Waals surface area (Å²) in [7, 11) is 0. The van der Waals surface area contributed by atoms with Gasteiger partial charge in [0.05, 0.1) is 46.1 Å². The fraction of sp³-hybridized carbons (Fsp3) is 0.917. The second-order valence-corrected chi connectivity index (χ2v) is 4.96. The zero-order valence-electron chi connectivity index (χ0n) is 11.5. The summed E-state index contributed by atoms with van der Waals surface area (Å²) in [6, 6.07) is 0. The Bertz CT molecular complexity index is 205. The van der Waals surface area contributed by atoms with Crippen LogP contribution >= 0.6 is 24.4 Å². The molecule has 0 bridgehead atoms. The molecule has 0 saturated carbocycles. The van der Waals surface area contributed by atoms with Gasteiger partial charge < -0.3 is 18.9 Å². The van der Waals surface area contributed by atoms with E-state index in [1.807, 2.05) is 6.26 Å². The number of rotatable bonds is 14. The number of carbonyl (C=O) groups is 1. The normalized spacial score (nSPS) is 10.6. The second-order valence-electron chi connectivity index (χ2n) is 3.52. The molecule has 0 N–H and O–H groups in total. The highest BCUT2D eigenvalue weighted by Gasteiger charge is 1.99. The standard InChI is InChI=1S/C12H24O5S2/c1-19-11-9-16-6-5-14-3-4-15-7-8-17-12(13)2-10-18/h18H,2-11H2,1H3. The number of hydrogen-bond acceptors (Lipinski definition) is 7. The predicted molar refractivity (Wildman–Crippen MR) is 80.3 cm³/mol. The van der Waals surface area contributed by atoms with Gasteiger partial charge in [0.15, 0.2) is 0 Å². The van der Waals surface area contributed by atoms with Crippen molar-refractivity contribution in [1.29, 1.82) is 0 Å². The predicted octanol–water partition coefficient (Wildman–Crippen LogP) is 1.26. The summed E-state index contributed by atoms with van der Waals surface area (Å²) >= 11 is 5.70. The van der Waals surface area contributed by atoms with Crippen LogP contribution in [0.25, 0.3) is 0 Å². The van der Waals surface area contributed by atoms with E-state index < -0.39 is 0 Å². The Kier molecular flexibility index (Phi) is 16.1. The monoisotopic (exact) mass is 312 g/mol. The summed E-state index contributed by atoms with van der Waals surface area (Å²) in [4.78, 5) is 11.0. The van der Waals surface area contributed by atoms with Crippen LogP contribution in [0.4, 0.5) is 0 Å². The summed E-state index contributed by atoms with van der Waals surface area (Å²) in [6.07, 6.45) is 2.38. The van der Waals surface area contributed by atoms with E-state index in [9.17, 15) is 4.79 Å². The van der Waals surface area contributed by atoms with Crippen molar-refractivity contribution in [1.82, 2.24) is 0 Å². The smallest absolute Gasteiger partial charge is 0.306 e. The summed E-state index contributed by atoms with van der Waals surface area (Å²) in [5, 5.41) is 0. The molecule has 0 rings (SSSR count). The lowest BCUT2D eigenvalue weighted by Crippen LogP contribution is -2.14. The van der Waals surface area contributed by atoms with E-state index in [4.69, 9.17) is 18.9 Å². The SMILES string of the molecule is CSCCOCCOCCOCCOC(=O)CCS. The van der Waals surface area contributed by atoms with Gasteiger partial charge in [-0.15, -0.1) is 0 Å². The molecule has 0 aliphatic carbocycles. The van der Waals surface area contributed by atoms with Gasteiger partial charge in [0.25, 0.3) is 0 Å². The fourth-order valence-electron chi connectivity index (χ4n) is 1.06. The van der Waals surface area contributed by atoms with Gasteiger partial charge in [-0.3, -0.25) is 4.79 Å². The molecule has 0 atom stereocenters. The summed E-state index contributed by atoms with van der Waals surface area (Å²) < 4.78 is 20.8. The first-order valence-corrected chi connectivity index (χ1v) is 8.32. The first kappa shape index (κ1) is 19.1. The highest BCUT2D eigenvalue weighted by molar-refractivity contribution is 7.98. The molecule has 0 aromatic carbocycles. The molecule has 0 unspecified atom stereocenters. The third-order valence-corrected chi connectivity index (χ3v) is 2.78. The maximum Gasteiger partial charge on any atom is 0.306 e. The molecule has 0 aromatic rings. The van der Waals surface area contributed by atoms with Gasteiger partial charge in [-0.1, -0.05) is 0 Å². The van der Waals surface area contributed by atoms with Crippen LogP contribution in [0.15, 0.2) is 0 Å². The quantitative estimate of drug-likeness (QED) is 0.296. The maximum atomic E-state index is 11.0. The average molecular weight is 312 g/mol. The van der Waals surface area contributed by atoms with Gasteiger partial charge in [0.2, 0.25) is 0 Å². The van der Waals surface area contributed by atoms with Crippen molar-refractivity contribution in [2.24, 2.45) is 0 Å². The number of ether oxygens (including phenoxy) is 4. The van der Waals surface area contributed by atoms with Gasteiger partial charge in [0.1, 0.15) is 6.61 Å². The number of hydrogen-bond donors (Lipinski definition) is 1. The number of thioether (sulfide) groups is 1. The zero-order valence-corrected chi connectivity index (χ0v) is 13.2. The highest BCUT2D eigenvalue weighted by Crippen LogP contribution is 1.91. The van der Waals surface area contributed by atoms with E-state index in [1.54, 1.807) is 11.8 Å². The molecular formula is C12H24O5S2. The van der Waals surface area contributed by atoms with Crippen LogP contribution < -0.4 is 0 Å². The van der Waals surface area contributed by atoms with E-state index in [1.165, 1.54) is 0 Å². The van der Waals surface area contributed by atoms with E-state index in [0.717, 1.165) is 12.4 Å². The lowest BCUT2D eigenvalue weighted by Gasteiger charge is -2.07. The minimum atomic E-state index is -0.239. The van der Waals surface area contributed by atoms with Gasteiger partial charge in [-0.25, -0.2) is 0 Å². The van der Waals surface area contributed by atoms with Crippen LogP contribution in [0.2, 0.25) is 0 Å². The van der Waals surface area contributed by atoms with Crippen molar-refractivity contribution in [2.45, 2.75) is 6.42 Å². The van der Waals surface area contributed by atoms with Crippen molar-refractivity contribution in [3.63, 3.8) is 0 Å². The molecule has 0 fully saturated rings.